The number of methoxy groups -OCH3 is 3. The van der Waals surface area contributed by atoms with Crippen molar-refractivity contribution < 1.29 is 28.5 Å². The first kappa shape index (κ1) is 22.7. The summed E-state index contributed by atoms with van der Waals surface area (Å²) in [6.45, 7) is 4.37. The predicted octanol–water partition coefficient (Wildman–Crippen LogP) is 4.83. The molecule has 0 unspecified atom stereocenters. The van der Waals surface area contributed by atoms with E-state index in [0.29, 0.717) is 30.2 Å². The van der Waals surface area contributed by atoms with E-state index in [1.54, 1.807) is 48.3 Å². The SMILES string of the molecule is CCOC(=O)N1c2cc(OC)c(OC)cc2[C@H](N(Cc2cccs2)C(=O)OC)C[C@@H]1C. The van der Waals surface area contributed by atoms with E-state index in [4.69, 9.17) is 18.9 Å². The number of benzene rings is 1. The van der Waals surface area contributed by atoms with E-state index in [2.05, 4.69) is 0 Å². The standard InChI is InChI=1S/C22H28N2O6S/c1-6-30-22(26)24-14(2)10-17(16-11-19(27-3)20(28-4)12-18(16)24)23(21(25)29-5)13-15-8-7-9-31-15/h7-9,11-12,14,17H,6,10,13H2,1-5H3/t14-,17+/m0/s1. The molecule has 0 spiro atoms. The van der Waals surface area contributed by atoms with Crippen LogP contribution >= 0.6 is 11.3 Å². The molecule has 2 atom stereocenters. The van der Waals surface area contributed by atoms with Crippen LogP contribution in [-0.2, 0) is 16.0 Å². The Bertz CT molecular complexity index is 917. The zero-order valence-electron chi connectivity index (χ0n) is 18.4. The summed E-state index contributed by atoms with van der Waals surface area (Å²) in [7, 11) is 4.47. The molecule has 0 saturated carbocycles. The lowest BCUT2D eigenvalue weighted by atomic mass is 9.90. The van der Waals surface area contributed by atoms with E-state index in [1.807, 2.05) is 30.5 Å². The molecule has 2 heterocycles. The third-order valence-corrected chi connectivity index (χ3v) is 6.17. The van der Waals surface area contributed by atoms with Crippen molar-refractivity contribution in [1.29, 1.82) is 0 Å². The fraction of sp³-hybridized carbons (Fsp3) is 0.455. The molecule has 3 rings (SSSR count). The topological polar surface area (TPSA) is 77.5 Å². The van der Waals surface area contributed by atoms with Gasteiger partial charge in [-0.2, -0.15) is 0 Å². The number of fused-ring (bicyclic) bond motifs is 1. The molecule has 2 amide bonds. The second-order valence-corrected chi connectivity index (χ2v) is 8.14. The van der Waals surface area contributed by atoms with Crippen molar-refractivity contribution in [3.63, 3.8) is 0 Å². The average molecular weight is 449 g/mol. The largest absolute Gasteiger partial charge is 0.493 e. The molecule has 31 heavy (non-hydrogen) atoms. The van der Waals surface area contributed by atoms with Crippen LogP contribution in [0.5, 0.6) is 11.5 Å². The number of thiophene rings is 1. The number of ether oxygens (including phenoxy) is 4. The highest BCUT2D eigenvalue weighted by atomic mass is 32.1. The molecule has 168 valence electrons. The van der Waals surface area contributed by atoms with Crippen LogP contribution in [0.4, 0.5) is 15.3 Å². The maximum absolute atomic E-state index is 12.8. The van der Waals surface area contributed by atoms with E-state index in [9.17, 15) is 9.59 Å². The van der Waals surface area contributed by atoms with Gasteiger partial charge in [-0.1, -0.05) is 6.07 Å². The number of hydrogen-bond donors (Lipinski definition) is 0. The van der Waals surface area contributed by atoms with Crippen molar-refractivity contribution in [1.82, 2.24) is 4.90 Å². The van der Waals surface area contributed by atoms with Crippen LogP contribution in [0.3, 0.4) is 0 Å². The number of hydrogen-bond acceptors (Lipinski definition) is 7. The lowest BCUT2D eigenvalue weighted by Crippen LogP contribution is -2.47. The van der Waals surface area contributed by atoms with Crippen molar-refractivity contribution in [3.05, 3.63) is 40.1 Å². The molecule has 1 aromatic carbocycles. The Kier molecular flexibility index (Phi) is 7.27. The zero-order chi connectivity index (χ0) is 22.5. The summed E-state index contributed by atoms with van der Waals surface area (Å²) in [5.41, 5.74) is 1.39. The summed E-state index contributed by atoms with van der Waals surface area (Å²) in [4.78, 5) is 29.9. The van der Waals surface area contributed by atoms with Gasteiger partial charge in [0.05, 0.1) is 46.2 Å². The molecule has 0 N–H and O–H groups in total. The van der Waals surface area contributed by atoms with Crippen LogP contribution in [-0.4, -0.2) is 51.1 Å². The van der Waals surface area contributed by atoms with Gasteiger partial charge in [0.25, 0.3) is 0 Å². The Labute approximate surface area is 186 Å². The average Bonchev–Trinajstić information content (AvgIpc) is 3.29. The van der Waals surface area contributed by atoms with Gasteiger partial charge in [0.15, 0.2) is 11.5 Å². The Morgan fingerprint density at radius 1 is 1.19 bits per heavy atom. The first-order valence-electron chi connectivity index (χ1n) is 10.0. The van der Waals surface area contributed by atoms with Gasteiger partial charge in [-0.3, -0.25) is 9.80 Å². The third-order valence-electron chi connectivity index (χ3n) is 5.31. The normalized spacial score (nSPS) is 17.5. The summed E-state index contributed by atoms with van der Waals surface area (Å²) < 4.78 is 21.4. The van der Waals surface area contributed by atoms with Crippen LogP contribution in [0, 0.1) is 0 Å². The van der Waals surface area contributed by atoms with E-state index in [-0.39, 0.29) is 18.7 Å². The highest BCUT2D eigenvalue weighted by Gasteiger charge is 2.40. The summed E-state index contributed by atoms with van der Waals surface area (Å²) >= 11 is 1.57. The first-order valence-corrected chi connectivity index (χ1v) is 10.9. The van der Waals surface area contributed by atoms with E-state index in [0.717, 1.165) is 10.4 Å². The molecule has 0 fully saturated rings. The van der Waals surface area contributed by atoms with Crippen molar-refractivity contribution in [2.45, 2.75) is 38.9 Å². The molecule has 0 aliphatic carbocycles. The second kappa shape index (κ2) is 9.91. The van der Waals surface area contributed by atoms with Crippen LogP contribution in [0.2, 0.25) is 0 Å². The lowest BCUT2D eigenvalue weighted by molar-refractivity contribution is 0.0946. The first-order chi connectivity index (χ1) is 14.9. The molecule has 0 saturated heterocycles. The Morgan fingerprint density at radius 3 is 2.48 bits per heavy atom. The van der Waals surface area contributed by atoms with E-state index < -0.39 is 12.2 Å². The Hall–Kier alpha value is -2.94. The number of carbonyl (C=O) groups is 2. The number of amides is 2. The van der Waals surface area contributed by atoms with Gasteiger partial charge in [0.1, 0.15) is 0 Å². The summed E-state index contributed by atoms with van der Waals surface area (Å²) in [6.07, 6.45) is -0.359. The van der Waals surface area contributed by atoms with E-state index >= 15 is 0 Å². The van der Waals surface area contributed by atoms with Crippen molar-refractivity contribution in [2.24, 2.45) is 0 Å². The highest BCUT2D eigenvalue weighted by Crippen LogP contribution is 2.46. The van der Waals surface area contributed by atoms with Gasteiger partial charge in [0.2, 0.25) is 0 Å². The van der Waals surface area contributed by atoms with Crippen molar-refractivity contribution in [2.75, 3.05) is 32.8 Å². The molecular formula is C22H28N2O6S. The smallest absolute Gasteiger partial charge is 0.414 e. The molecule has 8 nitrogen and oxygen atoms in total. The molecule has 0 radical (unpaired) electrons. The number of anilines is 1. The van der Waals surface area contributed by atoms with Crippen LogP contribution < -0.4 is 14.4 Å². The fourth-order valence-electron chi connectivity index (χ4n) is 3.91. The molecular weight excluding hydrogens is 420 g/mol. The maximum Gasteiger partial charge on any atom is 0.414 e. The lowest BCUT2D eigenvalue weighted by Gasteiger charge is -2.42. The maximum atomic E-state index is 12.8. The van der Waals surface area contributed by atoms with Crippen LogP contribution in [0.25, 0.3) is 0 Å². The number of rotatable bonds is 6. The molecule has 1 aliphatic heterocycles. The van der Waals surface area contributed by atoms with Gasteiger partial charge in [-0.25, -0.2) is 9.59 Å². The second-order valence-electron chi connectivity index (χ2n) is 7.11. The van der Waals surface area contributed by atoms with Crippen LogP contribution in [0.15, 0.2) is 29.6 Å². The van der Waals surface area contributed by atoms with Gasteiger partial charge in [-0.15, -0.1) is 11.3 Å². The molecule has 1 aromatic heterocycles. The minimum absolute atomic E-state index is 0.217. The van der Waals surface area contributed by atoms with Gasteiger partial charge < -0.3 is 18.9 Å². The van der Waals surface area contributed by atoms with E-state index in [1.165, 1.54) is 7.11 Å². The monoisotopic (exact) mass is 448 g/mol. The third kappa shape index (κ3) is 4.56. The van der Waals surface area contributed by atoms with Crippen molar-refractivity contribution >= 4 is 29.2 Å². The zero-order valence-corrected chi connectivity index (χ0v) is 19.2. The molecule has 0 bridgehead atoms. The number of carbonyl (C=O) groups excluding carboxylic acids is 2. The van der Waals surface area contributed by atoms with Gasteiger partial charge in [0, 0.05) is 22.5 Å². The highest BCUT2D eigenvalue weighted by molar-refractivity contribution is 7.09. The van der Waals surface area contributed by atoms with Crippen LogP contribution in [0.1, 0.15) is 36.8 Å². The predicted molar refractivity (Wildman–Crippen MR) is 118 cm³/mol. The minimum Gasteiger partial charge on any atom is -0.493 e. The quantitative estimate of drug-likeness (QED) is 0.630. The molecule has 2 aromatic rings. The summed E-state index contributed by atoms with van der Waals surface area (Å²) in [6, 6.07) is 6.96. The summed E-state index contributed by atoms with van der Waals surface area (Å²) in [5.74, 6) is 1.01. The minimum atomic E-state index is -0.440. The Balaban J connectivity index is 2.13. The molecule has 1 aliphatic rings. The summed E-state index contributed by atoms with van der Waals surface area (Å²) in [5, 5.41) is 1.97. The fourth-order valence-corrected chi connectivity index (χ4v) is 4.61. The van der Waals surface area contributed by atoms with Crippen molar-refractivity contribution in [3.8, 4) is 11.5 Å². The Morgan fingerprint density at radius 2 is 1.90 bits per heavy atom. The van der Waals surface area contributed by atoms with Gasteiger partial charge >= 0.3 is 12.2 Å². The van der Waals surface area contributed by atoms with Gasteiger partial charge in [-0.05, 0) is 37.8 Å². The number of nitrogens with zero attached hydrogens (tertiary/aromatic N) is 2. The molecule has 9 heteroatoms.